The van der Waals surface area contributed by atoms with Crippen LogP contribution in [0.25, 0.3) is 0 Å². The summed E-state index contributed by atoms with van der Waals surface area (Å²) < 4.78 is 6.78. The third kappa shape index (κ3) is 5.13. The normalized spacial score (nSPS) is 13.7. The zero-order chi connectivity index (χ0) is 15.1. The van der Waals surface area contributed by atoms with Crippen molar-refractivity contribution in [1.82, 2.24) is 10.6 Å². The molecule has 0 radical (unpaired) electrons. The van der Waals surface area contributed by atoms with Gasteiger partial charge in [-0.15, -0.1) is 0 Å². The molecule has 0 saturated carbocycles. The van der Waals surface area contributed by atoms with Crippen molar-refractivity contribution in [2.45, 2.75) is 45.9 Å². The Balaban J connectivity index is 2.74. The van der Waals surface area contributed by atoms with Gasteiger partial charge in [0.1, 0.15) is 5.75 Å². The molecule has 0 bridgehead atoms. The van der Waals surface area contributed by atoms with E-state index in [0.717, 1.165) is 22.2 Å². The lowest BCUT2D eigenvalue weighted by Gasteiger charge is -2.19. The molecule has 1 rings (SSSR count). The Bertz CT molecular complexity index is 451. The second-order valence-electron chi connectivity index (χ2n) is 4.86. The Morgan fingerprint density at radius 3 is 2.70 bits per heavy atom. The minimum absolute atomic E-state index is 0.0855. The van der Waals surface area contributed by atoms with Crippen molar-refractivity contribution < 1.29 is 9.53 Å². The number of hydrogen-bond acceptors (Lipinski definition) is 3. The maximum atomic E-state index is 12.0. The van der Waals surface area contributed by atoms with Crippen molar-refractivity contribution in [2.75, 3.05) is 7.05 Å². The van der Waals surface area contributed by atoms with E-state index >= 15 is 0 Å². The van der Waals surface area contributed by atoms with Gasteiger partial charge in [-0.3, -0.25) is 4.79 Å². The topological polar surface area (TPSA) is 50.4 Å². The van der Waals surface area contributed by atoms with Gasteiger partial charge in [-0.2, -0.15) is 0 Å². The van der Waals surface area contributed by atoms with Crippen molar-refractivity contribution >= 4 is 21.8 Å². The molecule has 112 valence electrons. The fraction of sp³-hybridized carbons (Fsp3) is 0.533. The molecule has 1 amide bonds. The Hall–Kier alpha value is -1.07. The third-order valence-electron chi connectivity index (χ3n) is 3.06. The van der Waals surface area contributed by atoms with Gasteiger partial charge < -0.3 is 15.4 Å². The molecule has 2 unspecified atom stereocenters. The molecule has 0 aliphatic rings. The summed E-state index contributed by atoms with van der Waals surface area (Å²) in [5.74, 6) is 0.645. The summed E-state index contributed by atoms with van der Waals surface area (Å²) in [6.07, 6.45) is 0.391. The van der Waals surface area contributed by atoms with Crippen LogP contribution in [0.1, 0.15) is 32.8 Å². The third-order valence-corrected chi connectivity index (χ3v) is 3.56. The van der Waals surface area contributed by atoms with Crippen molar-refractivity contribution in [2.24, 2.45) is 0 Å². The SMILES string of the molecule is CCC(C)NC(=O)C(C)Oc1ccc(Br)cc1CNC. The molecular formula is C15H23BrN2O2. The lowest BCUT2D eigenvalue weighted by atomic mass is 10.2. The zero-order valence-corrected chi connectivity index (χ0v) is 14.1. The average molecular weight is 343 g/mol. The van der Waals surface area contributed by atoms with Gasteiger partial charge >= 0.3 is 0 Å². The molecule has 2 atom stereocenters. The van der Waals surface area contributed by atoms with Crippen LogP contribution in [-0.4, -0.2) is 25.1 Å². The van der Waals surface area contributed by atoms with Gasteiger partial charge in [0, 0.05) is 22.6 Å². The summed E-state index contributed by atoms with van der Waals surface area (Å²) >= 11 is 3.44. The van der Waals surface area contributed by atoms with Crippen molar-refractivity contribution in [1.29, 1.82) is 0 Å². The maximum absolute atomic E-state index is 12.0. The summed E-state index contributed by atoms with van der Waals surface area (Å²) in [7, 11) is 1.88. The molecule has 0 aliphatic carbocycles. The summed E-state index contributed by atoms with van der Waals surface area (Å²) in [5, 5.41) is 6.02. The smallest absolute Gasteiger partial charge is 0.260 e. The molecule has 1 aromatic rings. The molecule has 0 spiro atoms. The number of hydrogen-bond donors (Lipinski definition) is 2. The highest BCUT2D eigenvalue weighted by Gasteiger charge is 2.17. The van der Waals surface area contributed by atoms with E-state index < -0.39 is 6.10 Å². The second kappa shape index (κ2) is 8.27. The summed E-state index contributed by atoms with van der Waals surface area (Å²) in [5.41, 5.74) is 1.02. The first-order valence-corrected chi connectivity index (χ1v) is 7.67. The van der Waals surface area contributed by atoms with Gasteiger partial charge in [0.15, 0.2) is 6.10 Å². The van der Waals surface area contributed by atoms with Crippen LogP contribution in [0.5, 0.6) is 5.75 Å². The van der Waals surface area contributed by atoms with E-state index in [1.807, 2.05) is 39.1 Å². The largest absolute Gasteiger partial charge is 0.481 e. The molecule has 0 saturated heterocycles. The first kappa shape index (κ1) is 17.0. The number of ether oxygens (including phenoxy) is 1. The van der Waals surface area contributed by atoms with Crippen LogP contribution in [0.15, 0.2) is 22.7 Å². The van der Waals surface area contributed by atoms with Crippen molar-refractivity contribution in [3.8, 4) is 5.75 Å². The molecule has 2 N–H and O–H groups in total. The Morgan fingerprint density at radius 1 is 1.40 bits per heavy atom. The van der Waals surface area contributed by atoms with Crippen LogP contribution >= 0.6 is 15.9 Å². The number of amides is 1. The van der Waals surface area contributed by atoms with Crippen LogP contribution in [0.3, 0.4) is 0 Å². The first-order valence-electron chi connectivity index (χ1n) is 6.88. The first-order chi connectivity index (χ1) is 9.47. The van der Waals surface area contributed by atoms with Gasteiger partial charge in [0.2, 0.25) is 0 Å². The molecule has 0 heterocycles. The summed E-state index contributed by atoms with van der Waals surface area (Å²) in [4.78, 5) is 12.0. The lowest BCUT2D eigenvalue weighted by Crippen LogP contribution is -2.41. The predicted molar refractivity (Wildman–Crippen MR) is 84.9 cm³/mol. The van der Waals surface area contributed by atoms with E-state index in [1.54, 1.807) is 6.92 Å². The fourth-order valence-corrected chi connectivity index (χ4v) is 2.11. The predicted octanol–water partition coefficient (Wildman–Crippen LogP) is 2.85. The van der Waals surface area contributed by atoms with Crippen LogP contribution in [-0.2, 0) is 11.3 Å². The summed E-state index contributed by atoms with van der Waals surface area (Å²) in [6.45, 7) is 6.48. The average Bonchev–Trinajstić information content (AvgIpc) is 2.41. The Kier molecular flexibility index (Phi) is 7.02. The molecule has 0 fully saturated rings. The Morgan fingerprint density at radius 2 is 2.10 bits per heavy atom. The fourth-order valence-electron chi connectivity index (χ4n) is 1.70. The van der Waals surface area contributed by atoms with Crippen LogP contribution in [0.4, 0.5) is 0 Å². The highest BCUT2D eigenvalue weighted by Crippen LogP contribution is 2.24. The Labute approximate surface area is 129 Å². The lowest BCUT2D eigenvalue weighted by molar-refractivity contribution is -0.127. The van der Waals surface area contributed by atoms with Gasteiger partial charge in [0.25, 0.3) is 5.91 Å². The molecule has 0 aromatic heterocycles. The number of nitrogens with one attached hydrogen (secondary N) is 2. The molecular weight excluding hydrogens is 320 g/mol. The van der Waals surface area contributed by atoms with E-state index in [0.29, 0.717) is 6.54 Å². The monoisotopic (exact) mass is 342 g/mol. The maximum Gasteiger partial charge on any atom is 0.260 e. The van der Waals surface area contributed by atoms with Gasteiger partial charge in [-0.05, 0) is 45.5 Å². The van der Waals surface area contributed by atoms with E-state index in [1.165, 1.54) is 0 Å². The number of rotatable bonds is 7. The van der Waals surface area contributed by atoms with Gasteiger partial charge in [-0.1, -0.05) is 22.9 Å². The van der Waals surface area contributed by atoms with E-state index in [2.05, 4.69) is 26.6 Å². The molecule has 1 aromatic carbocycles. The van der Waals surface area contributed by atoms with Crippen molar-refractivity contribution in [3.05, 3.63) is 28.2 Å². The molecule has 4 nitrogen and oxygen atoms in total. The zero-order valence-electron chi connectivity index (χ0n) is 12.5. The van der Waals surface area contributed by atoms with Gasteiger partial charge in [0.05, 0.1) is 0 Å². The number of carbonyl (C=O) groups excluding carboxylic acids is 1. The number of carbonyl (C=O) groups is 1. The molecule has 20 heavy (non-hydrogen) atoms. The van der Waals surface area contributed by atoms with E-state index in [-0.39, 0.29) is 11.9 Å². The highest BCUT2D eigenvalue weighted by atomic mass is 79.9. The van der Waals surface area contributed by atoms with E-state index in [9.17, 15) is 4.79 Å². The van der Waals surface area contributed by atoms with Crippen LogP contribution < -0.4 is 15.4 Å². The number of benzene rings is 1. The van der Waals surface area contributed by atoms with Crippen molar-refractivity contribution in [3.63, 3.8) is 0 Å². The van der Waals surface area contributed by atoms with Gasteiger partial charge in [-0.25, -0.2) is 0 Å². The molecule has 0 aliphatic heterocycles. The van der Waals surface area contributed by atoms with Crippen LogP contribution in [0, 0.1) is 0 Å². The van der Waals surface area contributed by atoms with E-state index in [4.69, 9.17) is 4.74 Å². The minimum Gasteiger partial charge on any atom is -0.481 e. The highest BCUT2D eigenvalue weighted by molar-refractivity contribution is 9.10. The standard InChI is InChI=1S/C15H23BrN2O2/c1-5-10(2)18-15(19)11(3)20-14-7-6-13(16)8-12(14)9-17-4/h6-8,10-11,17H,5,9H2,1-4H3,(H,18,19). The molecule has 5 heteroatoms. The second-order valence-corrected chi connectivity index (χ2v) is 5.78. The van der Waals surface area contributed by atoms with Crippen LogP contribution in [0.2, 0.25) is 0 Å². The minimum atomic E-state index is -0.513. The quantitative estimate of drug-likeness (QED) is 0.800. The summed E-state index contributed by atoms with van der Waals surface area (Å²) in [6, 6.07) is 5.94. The number of halogens is 1.